The summed E-state index contributed by atoms with van der Waals surface area (Å²) in [5.41, 5.74) is -1.79. The quantitative estimate of drug-likeness (QED) is 0.250. The number of methoxy groups -OCH3 is 1. The Balaban J connectivity index is 2.10. The zero-order valence-corrected chi connectivity index (χ0v) is 19.9. The third-order valence-corrected chi connectivity index (χ3v) is 6.12. The van der Waals surface area contributed by atoms with Crippen molar-refractivity contribution in [3.05, 3.63) is 69.4 Å². The SMILES string of the molecule is CCCCNC(=O)CC1(C(=O)OC)C(=O)N(Cc2ccc(Br)cc2F)C(=O)c2ccccc21. The molecule has 7 nitrogen and oxygen atoms in total. The summed E-state index contributed by atoms with van der Waals surface area (Å²) in [6.07, 6.45) is 1.05. The number of nitrogens with one attached hydrogen (secondary N) is 1. The van der Waals surface area contributed by atoms with E-state index in [2.05, 4.69) is 21.2 Å². The molecule has 0 fully saturated rings. The van der Waals surface area contributed by atoms with Crippen LogP contribution in [0.4, 0.5) is 4.39 Å². The number of nitrogens with zero attached hydrogens (tertiary/aromatic N) is 1. The second kappa shape index (κ2) is 10.2. The van der Waals surface area contributed by atoms with Crippen LogP contribution >= 0.6 is 15.9 Å². The summed E-state index contributed by atoms with van der Waals surface area (Å²) >= 11 is 3.17. The highest BCUT2D eigenvalue weighted by atomic mass is 79.9. The lowest BCUT2D eigenvalue weighted by Crippen LogP contribution is -2.59. The number of esters is 1. The van der Waals surface area contributed by atoms with Crippen LogP contribution in [0.5, 0.6) is 0 Å². The van der Waals surface area contributed by atoms with Gasteiger partial charge in [0.15, 0.2) is 5.41 Å². The van der Waals surface area contributed by atoms with Gasteiger partial charge in [-0.25, -0.2) is 4.39 Å². The number of halogens is 2. The van der Waals surface area contributed by atoms with E-state index in [0.717, 1.165) is 24.9 Å². The Morgan fingerprint density at radius 3 is 2.58 bits per heavy atom. The fraction of sp³-hybridized carbons (Fsp3) is 0.333. The van der Waals surface area contributed by atoms with E-state index in [0.29, 0.717) is 11.0 Å². The average Bonchev–Trinajstić information content (AvgIpc) is 2.80. The molecule has 33 heavy (non-hydrogen) atoms. The molecular weight excluding hydrogens is 495 g/mol. The van der Waals surface area contributed by atoms with Crippen molar-refractivity contribution in [3.8, 4) is 0 Å². The van der Waals surface area contributed by atoms with Crippen LogP contribution in [-0.4, -0.2) is 42.2 Å². The molecule has 174 valence electrons. The zero-order valence-electron chi connectivity index (χ0n) is 18.3. The van der Waals surface area contributed by atoms with E-state index in [9.17, 15) is 23.6 Å². The van der Waals surface area contributed by atoms with E-state index in [-0.39, 0.29) is 16.7 Å². The van der Waals surface area contributed by atoms with Gasteiger partial charge in [-0.05, 0) is 30.2 Å². The fourth-order valence-electron chi connectivity index (χ4n) is 3.91. The monoisotopic (exact) mass is 518 g/mol. The van der Waals surface area contributed by atoms with Crippen LogP contribution in [0.1, 0.15) is 47.7 Å². The summed E-state index contributed by atoms with van der Waals surface area (Å²) in [5, 5.41) is 2.71. The molecule has 0 bridgehead atoms. The van der Waals surface area contributed by atoms with E-state index < -0.39 is 47.9 Å². The van der Waals surface area contributed by atoms with Crippen LogP contribution in [0, 0.1) is 5.82 Å². The van der Waals surface area contributed by atoms with E-state index in [1.165, 1.54) is 24.3 Å². The molecule has 0 saturated carbocycles. The van der Waals surface area contributed by atoms with Crippen molar-refractivity contribution in [1.29, 1.82) is 0 Å². The van der Waals surface area contributed by atoms with Gasteiger partial charge >= 0.3 is 5.97 Å². The number of carbonyl (C=O) groups is 4. The van der Waals surface area contributed by atoms with Gasteiger partial charge in [-0.3, -0.25) is 24.1 Å². The van der Waals surface area contributed by atoms with Crippen molar-refractivity contribution < 1.29 is 28.3 Å². The molecule has 3 amide bonds. The van der Waals surface area contributed by atoms with Gasteiger partial charge < -0.3 is 10.1 Å². The summed E-state index contributed by atoms with van der Waals surface area (Å²) in [5.74, 6) is -3.71. The predicted octanol–water partition coefficient (Wildman–Crippen LogP) is 3.49. The number of ether oxygens (including phenoxy) is 1. The van der Waals surface area contributed by atoms with Gasteiger partial charge in [-0.15, -0.1) is 0 Å². The highest BCUT2D eigenvalue weighted by Gasteiger charge is 2.58. The van der Waals surface area contributed by atoms with Gasteiger partial charge in [0, 0.05) is 22.1 Å². The van der Waals surface area contributed by atoms with Crippen molar-refractivity contribution >= 4 is 39.6 Å². The Labute approximate surface area is 199 Å². The number of amides is 3. The number of hydrogen-bond donors (Lipinski definition) is 1. The van der Waals surface area contributed by atoms with Crippen LogP contribution in [0.25, 0.3) is 0 Å². The van der Waals surface area contributed by atoms with E-state index in [1.807, 2.05) is 6.92 Å². The molecule has 2 aromatic carbocycles. The number of rotatable bonds is 8. The molecule has 1 unspecified atom stereocenters. The maximum atomic E-state index is 14.5. The zero-order chi connectivity index (χ0) is 24.2. The molecule has 1 atom stereocenters. The molecular formula is C24H24BrFN2O5. The number of hydrogen-bond acceptors (Lipinski definition) is 5. The van der Waals surface area contributed by atoms with Crippen molar-refractivity contribution in [1.82, 2.24) is 10.2 Å². The first-order valence-electron chi connectivity index (χ1n) is 10.5. The smallest absolute Gasteiger partial charge is 0.326 e. The highest BCUT2D eigenvalue weighted by Crippen LogP contribution is 2.40. The second-order valence-electron chi connectivity index (χ2n) is 7.75. The average molecular weight is 519 g/mol. The molecule has 1 aliphatic rings. The van der Waals surface area contributed by atoms with Gasteiger partial charge in [-0.1, -0.05) is 53.5 Å². The summed E-state index contributed by atoms with van der Waals surface area (Å²) in [7, 11) is 1.12. The van der Waals surface area contributed by atoms with Crippen molar-refractivity contribution in [2.24, 2.45) is 0 Å². The first-order chi connectivity index (χ1) is 15.8. The third kappa shape index (κ3) is 4.68. The lowest BCUT2D eigenvalue weighted by molar-refractivity contribution is -0.158. The standard InChI is InChI=1S/C24H24BrFN2O5/c1-3-4-11-27-20(29)13-24(23(32)33-2)18-8-6-5-7-17(18)21(30)28(22(24)31)14-15-9-10-16(25)12-19(15)26/h5-10,12H,3-4,11,13-14H2,1-2H3,(H,27,29). The van der Waals surface area contributed by atoms with Crippen LogP contribution in [-0.2, 0) is 31.1 Å². The molecule has 0 spiro atoms. The number of benzene rings is 2. The van der Waals surface area contributed by atoms with Crippen molar-refractivity contribution in [3.63, 3.8) is 0 Å². The van der Waals surface area contributed by atoms with Gasteiger partial charge in [-0.2, -0.15) is 0 Å². The highest BCUT2D eigenvalue weighted by molar-refractivity contribution is 9.10. The molecule has 0 aliphatic carbocycles. The Bertz CT molecular complexity index is 1110. The molecule has 1 heterocycles. The van der Waals surface area contributed by atoms with Crippen LogP contribution in [0.2, 0.25) is 0 Å². The minimum absolute atomic E-state index is 0.0846. The minimum Gasteiger partial charge on any atom is -0.468 e. The number of fused-ring (bicyclic) bond motifs is 1. The van der Waals surface area contributed by atoms with Crippen LogP contribution in [0.15, 0.2) is 46.9 Å². The van der Waals surface area contributed by atoms with Gasteiger partial charge in [0.2, 0.25) is 5.91 Å². The van der Waals surface area contributed by atoms with Gasteiger partial charge in [0.05, 0.1) is 20.1 Å². The molecule has 0 radical (unpaired) electrons. The Hall–Kier alpha value is -3.07. The maximum Gasteiger partial charge on any atom is 0.326 e. The van der Waals surface area contributed by atoms with Crippen molar-refractivity contribution in [2.45, 2.75) is 38.1 Å². The molecule has 1 aliphatic heterocycles. The van der Waals surface area contributed by atoms with E-state index in [1.54, 1.807) is 18.2 Å². The maximum absolute atomic E-state index is 14.5. The van der Waals surface area contributed by atoms with E-state index in [4.69, 9.17) is 4.74 Å². The predicted molar refractivity (Wildman–Crippen MR) is 122 cm³/mol. The topological polar surface area (TPSA) is 92.8 Å². The first kappa shape index (κ1) is 24.6. The fourth-order valence-corrected chi connectivity index (χ4v) is 4.24. The summed E-state index contributed by atoms with van der Waals surface area (Å²) in [6, 6.07) is 10.4. The number of carbonyl (C=O) groups excluding carboxylic acids is 4. The number of imide groups is 1. The summed E-state index contributed by atoms with van der Waals surface area (Å²) < 4.78 is 20.0. The molecule has 2 aromatic rings. The van der Waals surface area contributed by atoms with Crippen LogP contribution in [0.3, 0.4) is 0 Å². The Kier molecular flexibility index (Phi) is 7.63. The lowest BCUT2D eigenvalue weighted by Gasteiger charge is -2.39. The number of unbranched alkanes of at least 4 members (excludes halogenated alkanes) is 1. The van der Waals surface area contributed by atoms with E-state index >= 15 is 0 Å². The van der Waals surface area contributed by atoms with Crippen molar-refractivity contribution in [2.75, 3.05) is 13.7 Å². The largest absolute Gasteiger partial charge is 0.468 e. The second-order valence-corrected chi connectivity index (χ2v) is 8.67. The molecule has 9 heteroatoms. The molecule has 0 saturated heterocycles. The molecule has 0 aromatic heterocycles. The minimum atomic E-state index is -2.07. The van der Waals surface area contributed by atoms with Gasteiger partial charge in [0.25, 0.3) is 11.8 Å². The van der Waals surface area contributed by atoms with Crippen LogP contribution < -0.4 is 5.32 Å². The molecule has 1 N–H and O–H groups in total. The first-order valence-corrected chi connectivity index (χ1v) is 11.3. The Morgan fingerprint density at radius 1 is 1.18 bits per heavy atom. The summed E-state index contributed by atoms with van der Waals surface area (Å²) in [4.78, 5) is 53.7. The lowest BCUT2D eigenvalue weighted by atomic mass is 9.71. The van der Waals surface area contributed by atoms with Gasteiger partial charge in [0.1, 0.15) is 5.82 Å². The Morgan fingerprint density at radius 2 is 1.91 bits per heavy atom. The third-order valence-electron chi connectivity index (χ3n) is 5.63. The normalized spacial score (nSPS) is 17.5. The molecule has 3 rings (SSSR count). The summed E-state index contributed by atoms with van der Waals surface area (Å²) in [6.45, 7) is 1.95.